The Bertz CT molecular complexity index is 367. The number of carbonyl (C=O) groups excluding carboxylic acids is 2. The third-order valence-corrected chi connectivity index (χ3v) is 2.24. The summed E-state index contributed by atoms with van der Waals surface area (Å²) >= 11 is 0. The molecule has 2 amide bonds. The van der Waals surface area contributed by atoms with Crippen molar-refractivity contribution in [3.8, 4) is 0 Å². The first-order valence-electron chi connectivity index (χ1n) is 6.03. The number of likely N-dealkylation sites (N-methyl/N-ethyl adjacent to an activating group) is 1. The Kier molecular flexibility index (Phi) is 8.77. The van der Waals surface area contributed by atoms with E-state index >= 15 is 0 Å². The van der Waals surface area contributed by atoms with E-state index in [9.17, 15) is 14.4 Å². The third kappa shape index (κ3) is 8.09. The van der Waals surface area contributed by atoms with Gasteiger partial charge in [-0.05, 0) is 18.9 Å². The van der Waals surface area contributed by atoms with Crippen molar-refractivity contribution >= 4 is 18.0 Å². The SMILES string of the molecule is CN(C)C(=O)/C=C/CCC(NC(=O)OCCO)C(=O)O. The normalized spacial score (nSPS) is 11.9. The van der Waals surface area contributed by atoms with E-state index in [4.69, 9.17) is 10.2 Å². The topological polar surface area (TPSA) is 116 Å². The molecule has 0 heterocycles. The molecule has 0 bridgehead atoms. The van der Waals surface area contributed by atoms with Crippen molar-refractivity contribution in [2.24, 2.45) is 0 Å². The van der Waals surface area contributed by atoms with Gasteiger partial charge in [-0.2, -0.15) is 0 Å². The zero-order chi connectivity index (χ0) is 15.5. The maximum atomic E-state index is 11.2. The highest BCUT2D eigenvalue weighted by Crippen LogP contribution is 2.00. The minimum Gasteiger partial charge on any atom is -0.480 e. The molecule has 0 aliphatic carbocycles. The van der Waals surface area contributed by atoms with Crippen LogP contribution in [-0.2, 0) is 14.3 Å². The van der Waals surface area contributed by atoms with Crippen molar-refractivity contribution in [1.29, 1.82) is 0 Å². The lowest BCUT2D eigenvalue weighted by Crippen LogP contribution is -2.41. The average molecular weight is 288 g/mol. The second kappa shape index (κ2) is 9.79. The van der Waals surface area contributed by atoms with Crippen LogP contribution in [0.4, 0.5) is 4.79 Å². The van der Waals surface area contributed by atoms with Crippen LogP contribution in [0.25, 0.3) is 0 Å². The molecule has 0 fully saturated rings. The third-order valence-electron chi connectivity index (χ3n) is 2.24. The number of nitrogens with zero attached hydrogens (tertiary/aromatic N) is 1. The fraction of sp³-hybridized carbons (Fsp3) is 0.583. The smallest absolute Gasteiger partial charge is 0.407 e. The maximum Gasteiger partial charge on any atom is 0.407 e. The summed E-state index contributed by atoms with van der Waals surface area (Å²) in [5, 5.41) is 19.5. The first-order valence-corrected chi connectivity index (χ1v) is 6.03. The van der Waals surface area contributed by atoms with Gasteiger partial charge < -0.3 is 25.2 Å². The lowest BCUT2D eigenvalue weighted by Gasteiger charge is -2.13. The van der Waals surface area contributed by atoms with Crippen molar-refractivity contribution in [1.82, 2.24) is 10.2 Å². The van der Waals surface area contributed by atoms with Crippen molar-refractivity contribution < 1.29 is 29.3 Å². The minimum atomic E-state index is -1.20. The van der Waals surface area contributed by atoms with E-state index < -0.39 is 18.1 Å². The number of carboxylic acid groups (broad SMARTS) is 1. The molecule has 0 saturated heterocycles. The molecule has 0 radical (unpaired) electrons. The van der Waals surface area contributed by atoms with Gasteiger partial charge in [0.15, 0.2) is 0 Å². The Morgan fingerprint density at radius 3 is 2.50 bits per heavy atom. The second-order valence-corrected chi connectivity index (χ2v) is 4.11. The zero-order valence-corrected chi connectivity index (χ0v) is 11.5. The van der Waals surface area contributed by atoms with Gasteiger partial charge in [0.1, 0.15) is 12.6 Å². The molecule has 8 nitrogen and oxygen atoms in total. The summed E-state index contributed by atoms with van der Waals surface area (Å²) in [5.74, 6) is -1.40. The molecule has 0 aromatic rings. The van der Waals surface area contributed by atoms with Crippen LogP contribution in [0.3, 0.4) is 0 Å². The molecule has 0 aromatic heterocycles. The van der Waals surface area contributed by atoms with Gasteiger partial charge in [0.05, 0.1) is 6.61 Å². The summed E-state index contributed by atoms with van der Waals surface area (Å²) in [4.78, 5) is 34.7. The zero-order valence-electron chi connectivity index (χ0n) is 11.5. The van der Waals surface area contributed by atoms with Gasteiger partial charge >= 0.3 is 12.1 Å². The Hall–Kier alpha value is -2.09. The van der Waals surface area contributed by atoms with E-state index in [1.165, 1.54) is 11.0 Å². The number of carbonyl (C=O) groups is 3. The molecule has 0 aliphatic rings. The number of ether oxygens (including phenoxy) is 1. The van der Waals surface area contributed by atoms with Gasteiger partial charge in [0, 0.05) is 14.1 Å². The fourth-order valence-corrected chi connectivity index (χ4v) is 1.18. The molecule has 0 rings (SSSR count). The quantitative estimate of drug-likeness (QED) is 0.522. The minimum absolute atomic E-state index is 0.126. The molecular formula is C12H20N2O6. The van der Waals surface area contributed by atoms with Crippen molar-refractivity contribution in [2.75, 3.05) is 27.3 Å². The predicted molar refractivity (Wildman–Crippen MR) is 70.1 cm³/mol. The first-order chi connectivity index (χ1) is 9.38. The summed E-state index contributed by atoms with van der Waals surface area (Å²) in [6, 6.07) is -1.11. The van der Waals surface area contributed by atoms with Crippen LogP contribution in [0.1, 0.15) is 12.8 Å². The van der Waals surface area contributed by atoms with Crippen LogP contribution in [0, 0.1) is 0 Å². The molecule has 0 aliphatic heterocycles. The maximum absolute atomic E-state index is 11.2. The van der Waals surface area contributed by atoms with Gasteiger partial charge in [-0.25, -0.2) is 9.59 Å². The largest absolute Gasteiger partial charge is 0.480 e. The van der Waals surface area contributed by atoms with Crippen LogP contribution in [0.15, 0.2) is 12.2 Å². The number of aliphatic carboxylic acids is 1. The molecule has 0 spiro atoms. The molecule has 1 unspecified atom stereocenters. The van der Waals surface area contributed by atoms with Gasteiger partial charge in [-0.15, -0.1) is 0 Å². The molecule has 1 atom stereocenters. The highest BCUT2D eigenvalue weighted by Gasteiger charge is 2.19. The summed E-state index contributed by atoms with van der Waals surface area (Å²) < 4.78 is 4.51. The van der Waals surface area contributed by atoms with Crippen molar-refractivity contribution in [2.45, 2.75) is 18.9 Å². The number of allylic oxidation sites excluding steroid dienone is 1. The van der Waals surface area contributed by atoms with Crippen LogP contribution in [0.5, 0.6) is 0 Å². The number of rotatable bonds is 8. The summed E-state index contributed by atoms with van der Waals surface area (Å²) in [6.07, 6.45) is 2.42. The summed E-state index contributed by atoms with van der Waals surface area (Å²) in [6.45, 7) is -0.532. The highest BCUT2D eigenvalue weighted by atomic mass is 16.6. The average Bonchev–Trinajstić information content (AvgIpc) is 2.38. The van der Waals surface area contributed by atoms with E-state index in [1.807, 2.05) is 0 Å². The number of amides is 2. The standard InChI is InChI=1S/C12H20N2O6/c1-14(2)10(16)6-4-3-5-9(11(17)18)13-12(19)20-8-7-15/h4,6,9,15H,3,5,7-8H2,1-2H3,(H,13,19)(H,17,18)/b6-4+. The highest BCUT2D eigenvalue weighted by molar-refractivity contribution is 5.87. The van der Waals surface area contributed by atoms with E-state index in [1.54, 1.807) is 20.2 Å². The molecular weight excluding hydrogens is 268 g/mol. The van der Waals surface area contributed by atoms with Crippen LogP contribution in [0.2, 0.25) is 0 Å². The number of hydrogen-bond acceptors (Lipinski definition) is 5. The number of carboxylic acids is 1. The van der Waals surface area contributed by atoms with Crippen molar-refractivity contribution in [3.63, 3.8) is 0 Å². The van der Waals surface area contributed by atoms with Crippen LogP contribution in [-0.4, -0.2) is 66.4 Å². The Labute approximate surface area is 117 Å². The molecule has 0 aromatic carbocycles. The predicted octanol–water partition coefficient (Wildman–Crippen LogP) is -0.417. The lowest BCUT2D eigenvalue weighted by atomic mass is 10.1. The van der Waals surface area contributed by atoms with E-state index in [0.29, 0.717) is 6.42 Å². The molecule has 0 saturated carbocycles. The number of aliphatic hydroxyl groups excluding tert-OH is 1. The fourth-order valence-electron chi connectivity index (χ4n) is 1.18. The van der Waals surface area contributed by atoms with Crippen LogP contribution < -0.4 is 5.32 Å². The first kappa shape index (κ1) is 17.9. The van der Waals surface area contributed by atoms with Gasteiger partial charge in [-0.1, -0.05) is 6.08 Å². The number of hydrogen-bond donors (Lipinski definition) is 3. The summed E-state index contributed by atoms with van der Waals surface area (Å²) in [5.41, 5.74) is 0. The molecule has 3 N–H and O–H groups in total. The summed E-state index contributed by atoms with van der Waals surface area (Å²) in [7, 11) is 3.21. The molecule has 20 heavy (non-hydrogen) atoms. The molecule has 8 heteroatoms. The monoisotopic (exact) mass is 288 g/mol. The van der Waals surface area contributed by atoms with Crippen LogP contribution >= 0.6 is 0 Å². The lowest BCUT2D eigenvalue weighted by molar-refractivity contribution is -0.139. The Morgan fingerprint density at radius 2 is 2.00 bits per heavy atom. The van der Waals surface area contributed by atoms with Gasteiger partial charge in [-0.3, -0.25) is 4.79 Å². The Morgan fingerprint density at radius 1 is 1.35 bits per heavy atom. The van der Waals surface area contributed by atoms with E-state index in [0.717, 1.165) is 0 Å². The number of nitrogens with one attached hydrogen (secondary N) is 1. The Balaban J connectivity index is 4.19. The second-order valence-electron chi connectivity index (χ2n) is 4.11. The number of aliphatic hydroxyl groups is 1. The molecule has 114 valence electrons. The van der Waals surface area contributed by atoms with E-state index in [-0.39, 0.29) is 25.5 Å². The number of alkyl carbamates (subject to hydrolysis) is 1. The van der Waals surface area contributed by atoms with E-state index in [2.05, 4.69) is 10.1 Å². The van der Waals surface area contributed by atoms with Gasteiger partial charge in [0.2, 0.25) is 5.91 Å². The van der Waals surface area contributed by atoms with Crippen molar-refractivity contribution in [3.05, 3.63) is 12.2 Å². The van der Waals surface area contributed by atoms with Gasteiger partial charge in [0.25, 0.3) is 0 Å².